The highest BCUT2D eigenvalue weighted by molar-refractivity contribution is 7.11. The number of nitrogens with zero attached hydrogens (tertiary/aromatic N) is 1. The van der Waals surface area contributed by atoms with Crippen molar-refractivity contribution < 1.29 is 0 Å². The van der Waals surface area contributed by atoms with E-state index in [0.717, 1.165) is 18.0 Å². The Balaban J connectivity index is 1.80. The van der Waals surface area contributed by atoms with Crippen molar-refractivity contribution in [1.29, 1.82) is 0 Å². The lowest BCUT2D eigenvalue weighted by Crippen LogP contribution is -2.24. The number of hydrogen-bond acceptors (Lipinski definition) is 3. The predicted molar refractivity (Wildman–Crippen MR) is 85.7 cm³/mol. The lowest BCUT2D eigenvalue weighted by atomic mass is 9.98. The number of nitrogens with one attached hydrogen (secondary N) is 1. The van der Waals surface area contributed by atoms with Crippen molar-refractivity contribution in [2.45, 2.75) is 38.6 Å². The third-order valence-corrected chi connectivity index (χ3v) is 5.10. The normalized spacial score (nSPS) is 18.0. The number of fused-ring (bicyclic) bond motifs is 1. The zero-order valence-corrected chi connectivity index (χ0v) is 13.2. The van der Waals surface area contributed by atoms with E-state index in [1.54, 1.807) is 0 Å². The monoisotopic (exact) mass is 306 g/mol. The third-order valence-electron chi connectivity index (χ3n) is 3.72. The lowest BCUT2D eigenvalue weighted by molar-refractivity contribution is 0.465. The van der Waals surface area contributed by atoms with Gasteiger partial charge in [-0.1, -0.05) is 30.7 Å². The molecule has 3 rings (SSSR count). The topological polar surface area (TPSA) is 24.9 Å². The summed E-state index contributed by atoms with van der Waals surface area (Å²) in [4.78, 5) is 6.37. The van der Waals surface area contributed by atoms with Gasteiger partial charge in [-0.2, -0.15) is 0 Å². The summed E-state index contributed by atoms with van der Waals surface area (Å²) in [7, 11) is 0. The standard InChI is InChI=1S/C16H19ClN2S/c1-2-18-13-4-3-5-14-16(13)19-15(20-14)10-11-6-8-12(17)9-7-11/h6-9,13,18H,2-5,10H2,1H3. The van der Waals surface area contributed by atoms with Gasteiger partial charge in [0.2, 0.25) is 0 Å². The van der Waals surface area contributed by atoms with Crippen LogP contribution in [0.3, 0.4) is 0 Å². The summed E-state index contributed by atoms with van der Waals surface area (Å²) >= 11 is 7.81. The van der Waals surface area contributed by atoms with Crippen LogP contribution < -0.4 is 5.32 Å². The molecular weight excluding hydrogens is 288 g/mol. The van der Waals surface area contributed by atoms with E-state index in [1.165, 1.54) is 40.4 Å². The van der Waals surface area contributed by atoms with E-state index in [-0.39, 0.29) is 0 Å². The van der Waals surface area contributed by atoms with Crippen molar-refractivity contribution in [3.63, 3.8) is 0 Å². The smallest absolute Gasteiger partial charge is 0.0975 e. The first-order valence-corrected chi connectivity index (χ1v) is 8.42. The number of aryl methyl sites for hydroxylation is 1. The van der Waals surface area contributed by atoms with Gasteiger partial charge in [-0.25, -0.2) is 4.98 Å². The van der Waals surface area contributed by atoms with Crippen molar-refractivity contribution in [2.75, 3.05) is 6.54 Å². The third kappa shape index (κ3) is 3.05. The van der Waals surface area contributed by atoms with Gasteiger partial charge in [0.05, 0.1) is 16.7 Å². The van der Waals surface area contributed by atoms with Crippen molar-refractivity contribution >= 4 is 22.9 Å². The predicted octanol–water partition coefficient (Wildman–Crippen LogP) is 4.37. The van der Waals surface area contributed by atoms with Gasteiger partial charge in [-0.15, -0.1) is 11.3 Å². The van der Waals surface area contributed by atoms with Gasteiger partial charge < -0.3 is 5.32 Å². The van der Waals surface area contributed by atoms with E-state index in [9.17, 15) is 0 Å². The maximum Gasteiger partial charge on any atom is 0.0975 e. The molecule has 0 radical (unpaired) electrons. The highest BCUT2D eigenvalue weighted by Crippen LogP contribution is 2.34. The summed E-state index contributed by atoms with van der Waals surface area (Å²) in [5.41, 5.74) is 2.58. The van der Waals surface area contributed by atoms with E-state index >= 15 is 0 Å². The van der Waals surface area contributed by atoms with E-state index in [2.05, 4.69) is 24.4 Å². The van der Waals surface area contributed by atoms with E-state index < -0.39 is 0 Å². The molecule has 0 saturated carbocycles. The number of thiazole rings is 1. The van der Waals surface area contributed by atoms with Crippen molar-refractivity contribution in [3.05, 3.63) is 50.4 Å². The SMILES string of the molecule is CCNC1CCCc2sc(Cc3ccc(Cl)cc3)nc21. The van der Waals surface area contributed by atoms with Crippen LogP contribution in [-0.4, -0.2) is 11.5 Å². The molecule has 2 nitrogen and oxygen atoms in total. The molecule has 1 aliphatic rings. The number of halogens is 1. The van der Waals surface area contributed by atoms with Gasteiger partial charge in [0.1, 0.15) is 0 Å². The van der Waals surface area contributed by atoms with Crippen LogP contribution in [0.2, 0.25) is 5.02 Å². The Kier molecular flexibility index (Phi) is 4.39. The Hall–Kier alpha value is -0.900. The van der Waals surface area contributed by atoms with Crippen molar-refractivity contribution in [1.82, 2.24) is 10.3 Å². The molecule has 0 amide bonds. The molecule has 1 aliphatic carbocycles. The molecule has 0 aliphatic heterocycles. The number of hydrogen-bond donors (Lipinski definition) is 1. The number of benzene rings is 1. The van der Waals surface area contributed by atoms with Crippen LogP contribution in [0.4, 0.5) is 0 Å². The van der Waals surface area contributed by atoms with E-state index in [4.69, 9.17) is 16.6 Å². The van der Waals surface area contributed by atoms with E-state index in [1.807, 2.05) is 23.5 Å². The fourth-order valence-corrected chi connectivity index (χ4v) is 4.10. The maximum atomic E-state index is 5.93. The van der Waals surface area contributed by atoms with Gasteiger partial charge in [0.15, 0.2) is 0 Å². The summed E-state index contributed by atoms with van der Waals surface area (Å²) in [6, 6.07) is 8.53. The molecule has 2 aromatic rings. The fraction of sp³-hybridized carbons (Fsp3) is 0.438. The first-order valence-electron chi connectivity index (χ1n) is 7.22. The Bertz CT molecular complexity index is 577. The molecule has 0 bridgehead atoms. The summed E-state index contributed by atoms with van der Waals surface area (Å²) in [5.74, 6) is 0. The fourth-order valence-electron chi connectivity index (χ4n) is 2.77. The van der Waals surface area contributed by atoms with Gasteiger partial charge in [0.25, 0.3) is 0 Å². The number of rotatable bonds is 4. The minimum absolute atomic E-state index is 0.457. The average molecular weight is 307 g/mol. The van der Waals surface area contributed by atoms with Crippen LogP contribution in [0.25, 0.3) is 0 Å². The summed E-state index contributed by atoms with van der Waals surface area (Å²) in [6.45, 7) is 3.17. The van der Waals surface area contributed by atoms with Gasteiger partial charge >= 0.3 is 0 Å². The summed E-state index contributed by atoms with van der Waals surface area (Å²) in [6.07, 6.45) is 4.58. The summed E-state index contributed by atoms with van der Waals surface area (Å²) in [5, 5.41) is 5.57. The Labute approximate surface area is 129 Å². The van der Waals surface area contributed by atoms with Crippen LogP contribution in [0.15, 0.2) is 24.3 Å². The molecule has 20 heavy (non-hydrogen) atoms. The molecule has 106 valence electrons. The second kappa shape index (κ2) is 6.25. The van der Waals surface area contributed by atoms with Crippen molar-refractivity contribution in [2.24, 2.45) is 0 Å². The second-order valence-electron chi connectivity index (χ2n) is 5.22. The molecule has 1 atom stereocenters. The lowest BCUT2D eigenvalue weighted by Gasteiger charge is -2.21. The Morgan fingerprint density at radius 2 is 2.15 bits per heavy atom. The Morgan fingerprint density at radius 3 is 2.90 bits per heavy atom. The minimum atomic E-state index is 0.457. The molecule has 1 unspecified atom stereocenters. The molecule has 1 aromatic heterocycles. The van der Waals surface area contributed by atoms with E-state index in [0.29, 0.717) is 6.04 Å². The summed E-state index contributed by atoms with van der Waals surface area (Å²) < 4.78 is 0. The highest BCUT2D eigenvalue weighted by atomic mass is 35.5. The molecule has 1 N–H and O–H groups in total. The largest absolute Gasteiger partial charge is 0.309 e. The first-order chi connectivity index (χ1) is 9.76. The zero-order valence-electron chi connectivity index (χ0n) is 11.7. The van der Waals surface area contributed by atoms with Crippen LogP contribution in [-0.2, 0) is 12.8 Å². The molecule has 4 heteroatoms. The van der Waals surface area contributed by atoms with Crippen LogP contribution in [0.5, 0.6) is 0 Å². The maximum absolute atomic E-state index is 5.93. The molecule has 0 spiro atoms. The Morgan fingerprint density at radius 1 is 1.35 bits per heavy atom. The van der Waals surface area contributed by atoms with Crippen molar-refractivity contribution in [3.8, 4) is 0 Å². The first kappa shape index (κ1) is 14.1. The van der Waals surface area contributed by atoms with Crippen LogP contribution in [0, 0.1) is 0 Å². The van der Waals surface area contributed by atoms with Gasteiger partial charge in [-0.3, -0.25) is 0 Å². The molecule has 0 fully saturated rings. The molecule has 0 saturated heterocycles. The molecular formula is C16H19ClN2S. The zero-order chi connectivity index (χ0) is 13.9. The van der Waals surface area contributed by atoms with Crippen LogP contribution >= 0.6 is 22.9 Å². The minimum Gasteiger partial charge on any atom is -0.309 e. The quantitative estimate of drug-likeness (QED) is 0.907. The highest BCUT2D eigenvalue weighted by Gasteiger charge is 2.23. The second-order valence-corrected chi connectivity index (χ2v) is 6.83. The van der Waals surface area contributed by atoms with Crippen LogP contribution in [0.1, 0.15) is 46.9 Å². The van der Waals surface area contributed by atoms with Gasteiger partial charge in [0, 0.05) is 16.3 Å². The molecule has 1 aromatic carbocycles. The number of aromatic nitrogens is 1. The molecule has 1 heterocycles. The average Bonchev–Trinajstić information content (AvgIpc) is 2.85. The van der Waals surface area contributed by atoms with Gasteiger partial charge in [-0.05, 0) is 43.5 Å².